The highest BCUT2D eigenvalue weighted by Gasteiger charge is 2.49. The zero-order chi connectivity index (χ0) is 9.53. The maximum Gasteiger partial charge on any atom is 0.0487 e. The smallest absolute Gasteiger partial charge is 0.0487 e. The molecule has 3 fully saturated rings. The summed E-state index contributed by atoms with van der Waals surface area (Å²) in [6, 6.07) is 0. The average Bonchev–Trinajstić information content (AvgIpc) is 2.20. The Hall–Kier alpha value is -0.0800. The van der Waals surface area contributed by atoms with Gasteiger partial charge in [0.1, 0.15) is 0 Å². The van der Waals surface area contributed by atoms with E-state index in [1.807, 2.05) is 0 Å². The molecule has 3 rings (SSSR count). The first-order valence-corrected chi connectivity index (χ1v) is 5.41. The van der Waals surface area contributed by atoms with E-state index in [4.69, 9.17) is 0 Å². The highest BCUT2D eigenvalue weighted by atomic mass is 16.3. The topological polar surface area (TPSA) is 23.5 Å². The van der Waals surface area contributed by atoms with Gasteiger partial charge >= 0.3 is 0 Å². The first kappa shape index (κ1) is 9.47. The van der Waals surface area contributed by atoms with Crippen LogP contribution in [0.25, 0.3) is 0 Å². The number of hydrogen-bond donors (Lipinski definition) is 1. The normalized spacial score (nSPS) is 44.3. The molecule has 0 aromatic carbocycles. The lowest BCUT2D eigenvalue weighted by molar-refractivity contribution is -0.0573. The Bertz CT molecular complexity index is 176. The van der Waals surface area contributed by atoms with Gasteiger partial charge in [0, 0.05) is 12.1 Å². The van der Waals surface area contributed by atoms with E-state index in [1.165, 1.54) is 38.5 Å². The molecule has 0 aliphatic heterocycles. The van der Waals surface area contributed by atoms with Crippen LogP contribution in [0.15, 0.2) is 0 Å². The van der Waals surface area contributed by atoms with Crippen LogP contribution in [0.1, 0.15) is 38.5 Å². The number of aliphatic hydroxyl groups excluding tert-OH is 1. The fraction of sp³-hybridized carbons (Fsp3) is 1.00. The van der Waals surface area contributed by atoms with E-state index in [-0.39, 0.29) is 0 Å². The van der Waals surface area contributed by atoms with E-state index in [0.717, 1.165) is 0 Å². The van der Waals surface area contributed by atoms with Crippen molar-refractivity contribution in [3.8, 4) is 0 Å². The van der Waals surface area contributed by atoms with Gasteiger partial charge in [-0.2, -0.15) is 0 Å². The fourth-order valence-corrected chi connectivity index (χ4v) is 3.15. The molecule has 0 radical (unpaired) electrons. The van der Waals surface area contributed by atoms with Crippen molar-refractivity contribution < 1.29 is 5.11 Å². The third kappa shape index (κ3) is 1.31. The summed E-state index contributed by atoms with van der Waals surface area (Å²) in [5, 5.41) is 9.38. The lowest BCUT2D eigenvalue weighted by Gasteiger charge is -2.55. The van der Waals surface area contributed by atoms with Gasteiger partial charge in [0.25, 0.3) is 0 Å². The lowest BCUT2D eigenvalue weighted by Crippen LogP contribution is -2.54. The van der Waals surface area contributed by atoms with Crippen LogP contribution in [0.2, 0.25) is 0 Å². The van der Waals surface area contributed by atoms with Gasteiger partial charge in [-0.3, -0.25) is 0 Å². The highest BCUT2D eigenvalue weighted by Crippen LogP contribution is 2.53. The molecular formula is C11H21NO. The van der Waals surface area contributed by atoms with Gasteiger partial charge in [-0.1, -0.05) is 0 Å². The fourth-order valence-electron chi connectivity index (χ4n) is 3.15. The Labute approximate surface area is 80.9 Å². The van der Waals surface area contributed by atoms with Crippen LogP contribution in [0.4, 0.5) is 0 Å². The molecule has 3 saturated carbocycles. The number of fused-ring (bicyclic) bond motifs is 3. The zero-order valence-electron chi connectivity index (χ0n) is 8.84. The van der Waals surface area contributed by atoms with Crippen LogP contribution in [-0.4, -0.2) is 36.2 Å². The minimum atomic E-state index is 0.317. The Morgan fingerprint density at radius 1 is 1.00 bits per heavy atom. The second kappa shape index (κ2) is 2.96. The molecule has 76 valence electrons. The van der Waals surface area contributed by atoms with E-state index in [2.05, 4.69) is 19.0 Å². The molecule has 2 nitrogen and oxygen atoms in total. The molecule has 2 bridgehead atoms. The number of rotatable bonds is 2. The minimum Gasteiger partial charge on any atom is -0.396 e. The number of nitrogens with zero attached hydrogens (tertiary/aromatic N) is 1. The summed E-state index contributed by atoms with van der Waals surface area (Å²) in [5.74, 6) is 0. The van der Waals surface area contributed by atoms with Gasteiger partial charge in [-0.15, -0.1) is 0 Å². The maximum absolute atomic E-state index is 9.38. The Morgan fingerprint density at radius 2 is 1.46 bits per heavy atom. The molecule has 2 heteroatoms. The first-order chi connectivity index (χ1) is 6.13. The zero-order valence-corrected chi connectivity index (χ0v) is 8.84. The first-order valence-electron chi connectivity index (χ1n) is 5.41. The van der Waals surface area contributed by atoms with Gasteiger partial charge in [-0.05, 0) is 58.0 Å². The molecule has 0 amide bonds. The second-order valence-corrected chi connectivity index (χ2v) is 5.28. The van der Waals surface area contributed by atoms with E-state index in [0.29, 0.717) is 17.6 Å². The second-order valence-electron chi connectivity index (χ2n) is 5.28. The molecule has 0 heterocycles. The van der Waals surface area contributed by atoms with Crippen molar-refractivity contribution in [3.63, 3.8) is 0 Å². The Kier molecular flexibility index (Phi) is 2.16. The summed E-state index contributed by atoms with van der Waals surface area (Å²) in [5.41, 5.74) is 0.800. The molecule has 0 unspecified atom stereocenters. The molecule has 0 aromatic rings. The summed E-state index contributed by atoms with van der Waals surface area (Å²) >= 11 is 0. The van der Waals surface area contributed by atoms with Gasteiger partial charge in [0.15, 0.2) is 0 Å². The van der Waals surface area contributed by atoms with E-state index in [1.54, 1.807) is 0 Å². The standard InChI is InChI=1S/C11H21NO/c1-12(2)11-6-3-10(9-13,4-7-11)5-8-11/h13H,3-9H2,1-2H3. The van der Waals surface area contributed by atoms with Crippen LogP contribution in [0.5, 0.6) is 0 Å². The van der Waals surface area contributed by atoms with Gasteiger partial charge in [0.05, 0.1) is 0 Å². The predicted octanol–water partition coefficient (Wildman–Crippen LogP) is 1.63. The van der Waals surface area contributed by atoms with E-state index in [9.17, 15) is 5.11 Å². The predicted molar refractivity (Wildman–Crippen MR) is 53.6 cm³/mol. The van der Waals surface area contributed by atoms with Crippen LogP contribution in [-0.2, 0) is 0 Å². The quantitative estimate of drug-likeness (QED) is 0.703. The van der Waals surface area contributed by atoms with E-state index < -0.39 is 0 Å². The largest absolute Gasteiger partial charge is 0.396 e. The van der Waals surface area contributed by atoms with Crippen molar-refractivity contribution in [1.29, 1.82) is 0 Å². The van der Waals surface area contributed by atoms with Crippen molar-refractivity contribution in [2.75, 3.05) is 20.7 Å². The van der Waals surface area contributed by atoms with Crippen molar-refractivity contribution in [2.24, 2.45) is 5.41 Å². The molecule has 3 aliphatic rings. The SMILES string of the molecule is CN(C)C12CCC(CO)(CC1)CC2. The van der Waals surface area contributed by atoms with Gasteiger partial charge in [-0.25, -0.2) is 0 Å². The van der Waals surface area contributed by atoms with E-state index >= 15 is 0 Å². The highest BCUT2D eigenvalue weighted by molar-refractivity contribution is 5.03. The van der Waals surface area contributed by atoms with Crippen molar-refractivity contribution in [2.45, 2.75) is 44.1 Å². The summed E-state index contributed by atoms with van der Waals surface area (Å²) in [4.78, 5) is 2.41. The summed E-state index contributed by atoms with van der Waals surface area (Å²) in [6.45, 7) is 0.413. The Balaban J connectivity index is 2.11. The molecule has 13 heavy (non-hydrogen) atoms. The van der Waals surface area contributed by atoms with Crippen molar-refractivity contribution in [1.82, 2.24) is 4.90 Å². The molecule has 0 aromatic heterocycles. The van der Waals surface area contributed by atoms with Gasteiger partial charge < -0.3 is 10.0 Å². The third-order valence-corrected chi connectivity index (χ3v) is 4.65. The van der Waals surface area contributed by atoms with Crippen molar-refractivity contribution >= 4 is 0 Å². The summed E-state index contributed by atoms with van der Waals surface area (Å²) < 4.78 is 0. The monoisotopic (exact) mass is 183 g/mol. The molecule has 0 saturated heterocycles. The van der Waals surface area contributed by atoms with Crippen LogP contribution in [0.3, 0.4) is 0 Å². The van der Waals surface area contributed by atoms with Crippen LogP contribution in [0, 0.1) is 5.41 Å². The average molecular weight is 183 g/mol. The third-order valence-electron chi connectivity index (χ3n) is 4.65. The molecular weight excluding hydrogens is 162 g/mol. The van der Waals surface area contributed by atoms with Crippen molar-refractivity contribution in [3.05, 3.63) is 0 Å². The number of hydrogen-bond acceptors (Lipinski definition) is 2. The molecule has 3 aliphatic carbocycles. The Morgan fingerprint density at radius 3 is 1.77 bits per heavy atom. The number of aliphatic hydroxyl groups is 1. The lowest BCUT2D eigenvalue weighted by atomic mass is 9.57. The van der Waals surface area contributed by atoms with Crippen LogP contribution >= 0.6 is 0 Å². The summed E-state index contributed by atoms with van der Waals surface area (Å²) in [7, 11) is 4.41. The van der Waals surface area contributed by atoms with Crippen LogP contribution < -0.4 is 0 Å². The molecule has 0 atom stereocenters. The molecule has 0 spiro atoms. The maximum atomic E-state index is 9.38. The molecule has 1 N–H and O–H groups in total. The van der Waals surface area contributed by atoms with Gasteiger partial charge in [0.2, 0.25) is 0 Å². The summed E-state index contributed by atoms with van der Waals surface area (Å²) in [6.07, 6.45) is 7.59. The minimum absolute atomic E-state index is 0.317.